The van der Waals surface area contributed by atoms with E-state index >= 15 is 0 Å². The highest BCUT2D eigenvalue weighted by Crippen LogP contribution is 2.33. The molecule has 0 aliphatic heterocycles. The Morgan fingerprint density at radius 2 is 1.89 bits per heavy atom. The summed E-state index contributed by atoms with van der Waals surface area (Å²) >= 11 is 0. The van der Waals surface area contributed by atoms with Crippen LogP contribution in [0.2, 0.25) is 0 Å². The van der Waals surface area contributed by atoms with E-state index in [1.54, 1.807) is 38.5 Å². The highest BCUT2D eigenvalue weighted by molar-refractivity contribution is 5.44. The first-order valence-electron chi connectivity index (χ1n) is 5.62. The second-order valence-electron chi connectivity index (χ2n) is 3.96. The van der Waals surface area contributed by atoms with E-state index in [-0.39, 0.29) is 0 Å². The van der Waals surface area contributed by atoms with Crippen LogP contribution in [0.15, 0.2) is 34.7 Å². The molecule has 0 unspecified atom stereocenters. The Morgan fingerprint density at radius 3 is 2.44 bits per heavy atom. The minimum absolute atomic E-state index is 0.496. The summed E-state index contributed by atoms with van der Waals surface area (Å²) in [5.74, 6) is 2.50. The van der Waals surface area contributed by atoms with E-state index in [1.807, 2.05) is 13.0 Å². The smallest absolute Gasteiger partial charge is 0.140 e. The molecular weight excluding hydrogens is 232 g/mol. The van der Waals surface area contributed by atoms with Gasteiger partial charge in [-0.25, -0.2) is 0 Å². The van der Waals surface area contributed by atoms with Gasteiger partial charge < -0.3 is 19.0 Å². The molecule has 0 fully saturated rings. The molecule has 1 aromatic carbocycles. The van der Waals surface area contributed by atoms with Crippen molar-refractivity contribution >= 4 is 0 Å². The van der Waals surface area contributed by atoms with Crippen molar-refractivity contribution in [3.05, 3.63) is 47.4 Å². The van der Waals surface area contributed by atoms with Crippen LogP contribution in [0.25, 0.3) is 0 Å². The van der Waals surface area contributed by atoms with Crippen molar-refractivity contribution in [1.29, 1.82) is 0 Å². The average Bonchev–Trinajstić information content (AvgIpc) is 2.83. The summed E-state index contributed by atoms with van der Waals surface area (Å²) in [4.78, 5) is 0. The van der Waals surface area contributed by atoms with Crippen LogP contribution in [-0.4, -0.2) is 19.3 Å². The molecule has 0 bridgehead atoms. The lowest BCUT2D eigenvalue weighted by Crippen LogP contribution is -2.01. The highest BCUT2D eigenvalue weighted by Gasteiger charge is 2.18. The predicted octanol–water partition coefficient (Wildman–Crippen LogP) is 2.69. The summed E-state index contributed by atoms with van der Waals surface area (Å²) in [7, 11) is 3.14. The van der Waals surface area contributed by atoms with Crippen LogP contribution < -0.4 is 9.47 Å². The zero-order chi connectivity index (χ0) is 13.1. The third-order valence-electron chi connectivity index (χ3n) is 2.77. The van der Waals surface area contributed by atoms with Crippen molar-refractivity contribution in [3.8, 4) is 11.5 Å². The van der Waals surface area contributed by atoms with Crippen LogP contribution >= 0.6 is 0 Å². The van der Waals surface area contributed by atoms with E-state index in [4.69, 9.17) is 13.9 Å². The van der Waals surface area contributed by atoms with Gasteiger partial charge in [0, 0.05) is 11.6 Å². The molecule has 2 aromatic rings. The summed E-state index contributed by atoms with van der Waals surface area (Å²) < 4.78 is 15.8. The topological polar surface area (TPSA) is 51.8 Å². The Bertz CT molecular complexity index is 530. The second-order valence-corrected chi connectivity index (χ2v) is 3.96. The number of aliphatic hydroxyl groups excluding tert-OH is 1. The van der Waals surface area contributed by atoms with Gasteiger partial charge in [-0.2, -0.15) is 0 Å². The molecule has 96 valence electrons. The number of rotatable bonds is 4. The third-order valence-corrected chi connectivity index (χ3v) is 2.77. The number of hydrogen-bond acceptors (Lipinski definition) is 4. The number of ether oxygens (including phenoxy) is 2. The van der Waals surface area contributed by atoms with E-state index in [0.717, 1.165) is 5.76 Å². The molecule has 1 heterocycles. The van der Waals surface area contributed by atoms with E-state index in [9.17, 15) is 5.11 Å². The molecule has 4 nitrogen and oxygen atoms in total. The molecule has 0 radical (unpaired) electrons. The van der Waals surface area contributed by atoms with Gasteiger partial charge in [0.25, 0.3) is 0 Å². The van der Waals surface area contributed by atoms with Crippen molar-refractivity contribution < 1.29 is 19.0 Å². The number of methoxy groups -OCH3 is 2. The van der Waals surface area contributed by atoms with Crippen molar-refractivity contribution in [1.82, 2.24) is 0 Å². The van der Waals surface area contributed by atoms with Crippen LogP contribution in [0.4, 0.5) is 0 Å². The standard InChI is InChI=1S/C14H16O4/c1-9-4-7-12(18-9)14(15)11-6-5-10(16-2)8-13(11)17-3/h4-8,14-15H,1-3H3/t14-/m1/s1. The molecular formula is C14H16O4. The van der Waals surface area contributed by atoms with Gasteiger partial charge in [0.15, 0.2) is 0 Å². The molecule has 0 aliphatic carbocycles. The Labute approximate surface area is 106 Å². The molecule has 0 saturated heterocycles. The van der Waals surface area contributed by atoms with Crippen LogP contribution in [0, 0.1) is 6.92 Å². The Kier molecular flexibility index (Phi) is 3.58. The molecule has 2 rings (SSSR count). The summed E-state index contributed by atoms with van der Waals surface area (Å²) in [6, 6.07) is 8.84. The molecule has 4 heteroatoms. The zero-order valence-electron chi connectivity index (χ0n) is 10.6. The fraction of sp³-hybridized carbons (Fsp3) is 0.286. The fourth-order valence-electron chi connectivity index (χ4n) is 1.80. The Morgan fingerprint density at radius 1 is 1.11 bits per heavy atom. The lowest BCUT2D eigenvalue weighted by atomic mass is 10.1. The monoisotopic (exact) mass is 248 g/mol. The predicted molar refractivity (Wildman–Crippen MR) is 67.1 cm³/mol. The molecule has 0 amide bonds. The van der Waals surface area contributed by atoms with Crippen LogP contribution in [0.3, 0.4) is 0 Å². The molecule has 0 spiro atoms. The lowest BCUT2D eigenvalue weighted by Gasteiger charge is -2.14. The number of aryl methyl sites for hydroxylation is 1. The van der Waals surface area contributed by atoms with E-state index in [0.29, 0.717) is 22.8 Å². The minimum atomic E-state index is -0.848. The van der Waals surface area contributed by atoms with Gasteiger partial charge in [0.2, 0.25) is 0 Å². The quantitative estimate of drug-likeness (QED) is 0.903. The molecule has 1 N–H and O–H groups in total. The van der Waals surface area contributed by atoms with Crippen molar-refractivity contribution in [2.24, 2.45) is 0 Å². The molecule has 0 saturated carbocycles. The summed E-state index contributed by atoms with van der Waals surface area (Å²) in [6.07, 6.45) is -0.848. The van der Waals surface area contributed by atoms with E-state index in [1.165, 1.54) is 0 Å². The number of benzene rings is 1. The largest absolute Gasteiger partial charge is 0.497 e. The fourth-order valence-corrected chi connectivity index (χ4v) is 1.80. The summed E-state index contributed by atoms with van der Waals surface area (Å²) in [6.45, 7) is 1.83. The summed E-state index contributed by atoms with van der Waals surface area (Å²) in [5, 5.41) is 10.3. The molecule has 1 atom stereocenters. The van der Waals surface area contributed by atoms with Crippen LogP contribution in [-0.2, 0) is 0 Å². The first kappa shape index (κ1) is 12.5. The van der Waals surface area contributed by atoms with Crippen molar-refractivity contribution in [3.63, 3.8) is 0 Å². The van der Waals surface area contributed by atoms with Gasteiger partial charge >= 0.3 is 0 Å². The van der Waals surface area contributed by atoms with E-state index < -0.39 is 6.10 Å². The normalized spacial score (nSPS) is 12.2. The molecule has 1 aromatic heterocycles. The zero-order valence-corrected chi connectivity index (χ0v) is 10.6. The first-order valence-corrected chi connectivity index (χ1v) is 5.62. The maximum absolute atomic E-state index is 10.3. The maximum atomic E-state index is 10.3. The number of furan rings is 1. The molecule has 0 aliphatic rings. The lowest BCUT2D eigenvalue weighted by molar-refractivity contribution is 0.183. The van der Waals surface area contributed by atoms with Crippen LogP contribution in [0.5, 0.6) is 11.5 Å². The van der Waals surface area contributed by atoms with Gasteiger partial charge in [-0.1, -0.05) is 0 Å². The SMILES string of the molecule is COc1ccc([C@@H](O)c2ccc(C)o2)c(OC)c1. The van der Waals surface area contributed by atoms with Gasteiger partial charge in [-0.05, 0) is 31.2 Å². The first-order chi connectivity index (χ1) is 8.65. The highest BCUT2D eigenvalue weighted by atomic mass is 16.5. The van der Waals surface area contributed by atoms with E-state index in [2.05, 4.69) is 0 Å². The Hall–Kier alpha value is -1.94. The average molecular weight is 248 g/mol. The van der Waals surface area contributed by atoms with Crippen molar-refractivity contribution in [2.75, 3.05) is 14.2 Å². The summed E-state index contributed by atoms with van der Waals surface area (Å²) in [5.41, 5.74) is 0.646. The Balaban J connectivity index is 2.38. The molecule has 18 heavy (non-hydrogen) atoms. The maximum Gasteiger partial charge on any atom is 0.140 e. The van der Waals surface area contributed by atoms with Gasteiger partial charge in [0.05, 0.1) is 14.2 Å². The van der Waals surface area contributed by atoms with Gasteiger partial charge in [-0.3, -0.25) is 0 Å². The number of hydrogen-bond donors (Lipinski definition) is 1. The van der Waals surface area contributed by atoms with Gasteiger partial charge in [-0.15, -0.1) is 0 Å². The van der Waals surface area contributed by atoms with Crippen molar-refractivity contribution in [2.45, 2.75) is 13.0 Å². The number of aliphatic hydroxyl groups is 1. The van der Waals surface area contributed by atoms with Gasteiger partial charge in [0.1, 0.15) is 29.1 Å². The van der Waals surface area contributed by atoms with Crippen LogP contribution in [0.1, 0.15) is 23.2 Å². The minimum Gasteiger partial charge on any atom is -0.497 e. The third kappa shape index (κ3) is 2.33. The second kappa shape index (κ2) is 5.14.